The molecule has 0 saturated carbocycles. The van der Waals surface area contributed by atoms with E-state index in [1.165, 1.54) is 0 Å². The van der Waals surface area contributed by atoms with Crippen molar-refractivity contribution in [2.24, 2.45) is 0 Å². The summed E-state index contributed by atoms with van der Waals surface area (Å²) in [6.45, 7) is 4.48. The quantitative estimate of drug-likeness (QED) is 0.566. The third-order valence-corrected chi connectivity index (χ3v) is 5.74. The summed E-state index contributed by atoms with van der Waals surface area (Å²) in [6, 6.07) is 17.1. The minimum Gasteiger partial charge on any atom is -0.496 e. The average molecular weight is 453 g/mol. The van der Waals surface area contributed by atoms with Crippen molar-refractivity contribution < 1.29 is 14.3 Å². The van der Waals surface area contributed by atoms with Gasteiger partial charge in [0.1, 0.15) is 11.5 Å². The molecule has 7 nitrogen and oxygen atoms in total. The van der Waals surface area contributed by atoms with Gasteiger partial charge in [-0.15, -0.1) is 10.2 Å². The summed E-state index contributed by atoms with van der Waals surface area (Å²) >= 11 is 6.14. The maximum Gasteiger partial charge on any atom is 0.260 e. The molecule has 2 heterocycles. The van der Waals surface area contributed by atoms with Crippen molar-refractivity contribution in [3.8, 4) is 22.8 Å². The zero-order valence-electron chi connectivity index (χ0n) is 18.1. The molecule has 0 aliphatic carbocycles. The van der Waals surface area contributed by atoms with Gasteiger partial charge in [-0.3, -0.25) is 4.79 Å². The minimum absolute atomic E-state index is 0.0312. The number of carbonyl (C=O) groups excluding carboxylic acids is 1. The molecule has 0 spiro atoms. The smallest absolute Gasteiger partial charge is 0.260 e. The number of aryl methyl sites for hydroxylation is 1. The molecule has 3 aromatic rings. The van der Waals surface area contributed by atoms with Gasteiger partial charge in [0.05, 0.1) is 17.8 Å². The summed E-state index contributed by atoms with van der Waals surface area (Å²) in [6.07, 6.45) is 0. The van der Waals surface area contributed by atoms with Gasteiger partial charge < -0.3 is 19.3 Å². The molecule has 4 rings (SSSR count). The van der Waals surface area contributed by atoms with E-state index in [2.05, 4.69) is 15.1 Å². The van der Waals surface area contributed by atoms with E-state index in [0.717, 1.165) is 28.4 Å². The SMILES string of the molecule is COc1ccccc1-c1ccc(N2CCN(C(=O)COc3cc(C)ccc3Cl)CC2)nn1. The maximum atomic E-state index is 12.6. The van der Waals surface area contributed by atoms with Crippen molar-refractivity contribution in [2.75, 3.05) is 44.8 Å². The average Bonchev–Trinajstić information content (AvgIpc) is 2.84. The van der Waals surface area contributed by atoms with Gasteiger partial charge in [0, 0.05) is 31.7 Å². The first-order chi connectivity index (χ1) is 15.5. The number of halogens is 1. The number of nitrogens with zero attached hydrogens (tertiary/aromatic N) is 4. The van der Waals surface area contributed by atoms with E-state index in [4.69, 9.17) is 21.1 Å². The van der Waals surface area contributed by atoms with Crippen LogP contribution in [-0.2, 0) is 4.79 Å². The maximum absolute atomic E-state index is 12.6. The van der Waals surface area contributed by atoms with Gasteiger partial charge in [0.2, 0.25) is 0 Å². The van der Waals surface area contributed by atoms with Crippen LogP contribution in [0, 0.1) is 6.92 Å². The predicted molar refractivity (Wildman–Crippen MR) is 124 cm³/mol. The first-order valence-corrected chi connectivity index (χ1v) is 10.8. The molecular formula is C24H25ClN4O3. The molecule has 0 bridgehead atoms. The lowest BCUT2D eigenvalue weighted by Gasteiger charge is -2.35. The molecule has 166 valence electrons. The number of benzene rings is 2. The Morgan fingerprint density at radius 1 is 1.00 bits per heavy atom. The third kappa shape index (κ3) is 4.94. The van der Waals surface area contributed by atoms with Crippen molar-refractivity contribution in [2.45, 2.75) is 6.92 Å². The Balaban J connectivity index is 1.32. The van der Waals surface area contributed by atoms with E-state index in [1.807, 2.05) is 55.5 Å². The Bertz CT molecular complexity index is 1080. The highest BCUT2D eigenvalue weighted by Crippen LogP contribution is 2.28. The Kier molecular flexibility index (Phi) is 6.75. The molecule has 0 unspecified atom stereocenters. The van der Waals surface area contributed by atoms with E-state index < -0.39 is 0 Å². The highest BCUT2D eigenvalue weighted by molar-refractivity contribution is 6.32. The first-order valence-electron chi connectivity index (χ1n) is 10.4. The largest absolute Gasteiger partial charge is 0.496 e. The molecular weight excluding hydrogens is 428 g/mol. The van der Waals surface area contributed by atoms with Crippen LogP contribution in [0.1, 0.15) is 5.56 Å². The lowest BCUT2D eigenvalue weighted by Crippen LogP contribution is -2.50. The van der Waals surface area contributed by atoms with Crippen LogP contribution in [-0.4, -0.2) is 60.9 Å². The fourth-order valence-electron chi connectivity index (χ4n) is 3.63. The summed E-state index contributed by atoms with van der Waals surface area (Å²) in [7, 11) is 1.64. The number of piperazine rings is 1. The lowest BCUT2D eigenvalue weighted by atomic mass is 10.1. The van der Waals surface area contributed by atoms with Crippen LogP contribution in [0.5, 0.6) is 11.5 Å². The van der Waals surface area contributed by atoms with Crippen molar-refractivity contribution in [1.82, 2.24) is 15.1 Å². The molecule has 1 amide bonds. The summed E-state index contributed by atoms with van der Waals surface area (Å²) in [5, 5.41) is 9.28. The van der Waals surface area contributed by atoms with Crippen LogP contribution in [0.4, 0.5) is 5.82 Å². The normalized spacial score (nSPS) is 13.7. The number of hydrogen-bond donors (Lipinski definition) is 0. The highest BCUT2D eigenvalue weighted by atomic mass is 35.5. The number of aromatic nitrogens is 2. The van der Waals surface area contributed by atoms with Crippen molar-refractivity contribution in [3.63, 3.8) is 0 Å². The molecule has 1 aliphatic heterocycles. The van der Waals surface area contributed by atoms with E-state index in [0.29, 0.717) is 37.0 Å². The second-order valence-electron chi connectivity index (χ2n) is 7.57. The standard InChI is InChI=1S/C24H25ClN4O3/c1-17-7-8-19(25)22(15-17)32-16-24(30)29-13-11-28(12-14-29)23-10-9-20(26-27-23)18-5-3-4-6-21(18)31-2/h3-10,15H,11-14,16H2,1-2H3. The number of para-hydroxylation sites is 1. The van der Waals surface area contributed by atoms with Crippen LogP contribution < -0.4 is 14.4 Å². The zero-order chi connectivity index (χ0) is 22.5. The highest BCUT2D eigenvalue weighted by Gasteiger charge is 2.23. The minimum atomic E-state index is -0.0557. The molecule has 8 heteroatoms. The zero-order valence-corrected chi connectivity index (χ0v) is 18.9. The monoisotopic (exact) mass is 452 g/mol. The van der Waals surface area contributed by atoms with Crippen LogP contribution >= 0.6 is 11.6 Å². The molecule has 0 N–H and O–H groups in total. The lowest BCUT2D eigenvalue weighted by molar-refractivity contribution is -0.133. The van der Waals surface area contributed by atoms with Crippen LogP contribution in [0.2, 0.25) is 5.02 Å². The molecule has 1 aromatic heterocycles. The second-order valence-corrected chi connectivity index (χ2v) is 7.97. The van der Waals surface area contributed by atoms with Gasteiger partial charge in [0.15, 0.2) is 12.4 Å². The number of ether oxygens (including phenoxy) is 2. The Labute approximate surface area is 192 Å². The van der Waals surface area contributed by atoms with Gasteiger partial charge >= 0.3 is 0 Å². The van der Waals surface area contributed by atoms with Crippen molar-refractivity contribution in [1.29, 1.82) is 0 Å². The van der Waals surface area contributed by atoms with Crippen molar-refractivity contribution >= 4 is 23.3 Å². The molecule has 1 saturated heterocycles. The molecule has 2 aromatic carbocycles. The summed E-state index contributed by atoms with van der Waals surface area (Å²) in [5.41, 5.74) is 2.69. The fraction of sp³-hybridized carbons (Fsp3) is 0.292. The van der Waals surface area contributed by atoms with E-state index >= 15 is 0 Å². The van der Waals surface area contributed by atoms with E-state index in [1.54, 1.807) is 18.1 Å². The van der Waals surface area contributed by atoms with Crippen molar-refractivity contribution in [3.05, 3.63) is 65.2 Å². The summed E-state index contributed by atoms with van der Waals surface area (Å²) in [4.78, 5) is 16.5. The number of carbonyl (C=O) groups is 1. The van der Waals surface area contributed by atoms with Gasteiger partial charge in [-0.2, -0.15) is 0 Å². The van der Waals surface area contributed by atoms with Gasteiger partial charge in [-0.25, -0.2) is 0 Å². The predicted octanol–water partition coefficient (Wildman–Crippen LogP) is 3.84. The third-order valence-electron chi connectivity index (χ3n) is 5.43. The fourth-order valence-corrected chi connectivity index (χ4v) is 3.80. The topological polar surface area (TPSA) is 67.8 Å². The number of methoxy groups -OCH3 is 1. The molecule has 32 heavy (non-hydrogen) atoms. The Morgan fingerprint density at radius 3 is 2.50 bits per heavy atom. The second kappa shape index (κ2) is 9.87. The first kappa shape index (κ1) is 21.9. The molecule has 0 atom stereocenters. The van der Waals surface area contributed by atoms with Gasteiger partial charge in [-0.05, 0) is 48.9 Å². The Hall–Kier alpha value is -3.32. The number of hydrogen-bond acceptors (Lipinski definition) is 6. The number of rotatable bonds is 6. The van der Waals surface area contributed by atoms with E-state index in [9.17, 15) is 4.79 Å². The van der Waals surface area contributed by atoms with Crippen LogP contribution in [0.25, 0.3) is 11.3 Å². The van der Waals surface area contributed by atoms with Crippen LogP contribution in [0.15, 0.2) is 54.6 Å². The number of anilines is 1. The molecule has 0 radical (unpaired) electrons. The summed E-state index contributed by atoms with van der Waals surface area (Å²) < 4.78 is 11.1. The molecule has 1 aliphatic rings. The van der Waals surface area contributed by atoms with Gasteiger partial charge in [-0.1, -0.05) is 29.8 Å². The van der Waals surface area contributed by atoms with Gasteiger partial charge in [0.25, 0.3) is 5.91 Å². The number of amides is 1. The van der Waals surface area contributed by atoms with Crippen LogP contribution in [0.3, 0.4) is 0 Å². The summed E-state index contributed by atoms with van der Waals surface area (Å²) in [5.74, 6) is 2.03. The Morgan fingerprint density at radius 2 is 1.78 bits per heavy atom. The molecule has 1 fully saturated rings. The van der Waals surface area contributed by atoms with E-state index in [-0.39, 0.29) is 12.5 Å².